The lowest BCUT2D eigenvalue weighted by atomic mass is 10.1. The van der Waals surface area contributed by atoms with Crippen LogP contribution in [0.5, 0.6) is 17.2 Å². The maximum atomic E-state index is 12.3. The normalized spacial score (nSPS) is 10.5. The van der Waals surface area contributed by atoms with Crippen molar-refractivity contribution in [3.8, 4) is 17.2 Å². The second-order valence-corrected chi connectivity index (χ2v) is 7.10. The largest absolute Gasteiger partial charge is 0.496 e. The average Bonchev–Trinajstić information content (AvgIpc) is 2.83. The van der Waals surface area contributed by atoms with Crippen LogP contribution in [0.15, 0.2) is 42.5 Å². The van der Waals surface area contributed by atoms with E-state index in [4.69, 9.17) is 18.9 Å². The number of rotatable bonds is 12. The van der Waals surface area contributed by atoms with E-state index in [1.807, 2.05) is 12.1 Å². The van der Waals surface area contributed by atoms with Gasteiger partial charge in [0.15, 0.2) is 23.9 Å². The summed E-state index contributed by atoms with van der Waals surface area (Å²) in [5.41, 5.74) is 2.10. The highest BCUT2D eigenvalue weighted by Gasteiger charge is 2.12. The summed E-state index contributed by atoms with van der Waals surface area (Å²) in [6, 6.07) is 10.4. The molecule has 176 valence electrons. The Hall–Kier alpha value is -3.81. The van der Waals surface area contributed by atoms with Gasteiger partial charge in [0.1, 0.15) is 5.75 Å². The van der Waals surface area contributed by atoms with Gasteiger partial charge in [-0.05, 0) is 30.5 Å². The van der Waals surface area contributed by atoms with Crippen molar-refractivity contribution in [1.82, 2.24) is 5.32 Å². The molecule has 0 aliphatic carbocycles. The number of esters is 1. The Balaban J connectivity index is 1.89. The summed E-state index contributed by atoms with van der Waals surface area (Å²) in [4.78, 5) is 35.3. The van der Waals surface area contributed by atoms with Gasteiger partial charge in [-0.3, -0.25) is 9.59 Å². The molecule has 0 aliphatic rings. The summed E-state index contributed by atoms with van der Waals surface area (Å²) in [6.45, 7) is 1.72. The summed E-state index contributed by atoms with van der Waals surface area (Å²) in [5, 5.41) is 2.74. The molecule has 2 aromatic rings. The Morgan fingerprint density at radius 2 is 1.55 bits per heavy atom. The lowest BCUT2D eigenvalue weighted by Gasteiger charge is -2.12. The molecular formula is C25H29NO7. The van der Waals surface area contributed by atoms with Crippen molar-refractivity contribution in [2.24, 2.45) is 0 Å². The zero-order chi connectivity index (χ0) is 24.2. The number of aryl methyl sites for hydroxylation is 1. The minimum Gasteiger partial charge on any atom is -0.496 e. The van der Waals surface area contributed by atoms with Crippen molar-refractivity contribution >= 4 is 23.7 Å². The molecule has 0 fully saturated rings. The maximum Gasteiger partial charge on any atom is 0.331 e. The van der Waals surface area contributed by atoms with E-state index < -0.39 is 5.97 Å². The fourth-order valence-electron chi connectivity index (χ4n) is 3.02. The smallest absolute Gasteiger partial charge is 0.331 e. The first kappa shape index (κ1) is 25.5. The van der Waals surface area contributed by atoms with Crippen LogP contribution in [0.4, 0.5) is 0 Å². The molecular weight excluding hydrogens is 426 g/mol. The number of ether oxygens (including phenoxy) is 4. The molecule has 0 saturated carbocycles. The molecule has 1 amide bonds. The third-order valence-corrected chi connectivity index (χ3v) is 4.77. The van der Waals surface area contributed by atoms with E-state index in [1.54, 1.807) is 24.3 Å². The Labute approximate surface area is 193 Å². The third-order valence-electron chi connectivity index (χ3n) is 4.77. The van der Waals surface area contributed by atoms with Gasteiger partial charge < -0.3 is 24.3 Å². The minimum absolute atomic E-state index is 0.0526. The summed E-state index contributed by atoms with van der Waals surface area (Å²) < 4.78 is 20.9. The van der Waals surface area contributed by atoms with Crippen LogP contribution in [0, 0.1) is 0 Å². The van der Waals surface area contributed by atoms with E-state index in [0.29, 0.717) is 34.9 Å². The summed E-state index contributed by atoms with van der Waals surface area (Å²) in [7, 11) is 4.53. The van der Waals surface area contributed by atoms with Crippen LogP contribution in [0.1, 0.15) is 34.8 Å². The first-order chi connectivity index (χ1) is 15.9. The first-order valence-corrected chi connectivity index (χ1v) is 10.4. The molecule has 0 bridgehead atoms. The van der Waals surface area contributed by atoms with Crippen molar-refractivity contribution in [2.45, 2.75) is 19.8 Å². The first-order valence-electron chi connectivity index (χ1n) is 10.4. The molecule has 0 saturated heterocycles. The summed E-state index contributed by atoms with van der Waals surface area (Å²) in [5.74, 6) is 0.464. The van der Waals surface area contributed by atoms with Gasteiger partial charge in [0, 0.05) is 36.7 Å². The van der Waals surface area contributed by atoms with E-state index in [2.05, 4.69) is 5.32 Å². The Bertz CT molecular complexity index is 997. The maximum absolute atomic E-state index is 12.3. The predicted molar refractivity (Wildman–Crippen MR) is 124 cm³/mol. The summed E-state index contributed by atoms with van der Waals surface area (Å²) in [6.07, 6.45) is 4.33. The monoisotopic (exact) mass is 455 g/mol. The molecule has 2 aromatic carbocycles. The standard InChI is InChI=1S/C25H29NO7/c1-17(27)26-13-5-6-18-7-9-19(10-8-18)21(28)16-33-25(29)12-11-20-14-23(31-3)24(32-4)15-22(20)30-2/h7-12,14-15H,5-6,13,16H2,1-4H3,(H,26,27)/b12-11+. The van der Waals surface area contributed by atoms with Crippen LogP contribution in [-0.4, -0.2) is 52.1 Å². The SMILES string of the molecule is COc1cc(OC)c(OC)cc1/C=C/C(=O)OCC(=O)c1ccc(CCCNC(C)=O)cc1. The molecule has 8 nitrogen and oxygen atoms in total. The van der Waals surface area contributed by atoms with Gasteiger partial charge in [-0.1, -0.05) is 24.3 Å². The third kappa shape index (κ3) is 7.99. The van der Waals surface area contributed by atoms with Crippen molar-refractivity contribution in [3.05, 3.63) is 59.2 Å². The summed E-state index contributed by atoms with van der Waals surface area (Å²) >= 11 is 0. The lowest BCUT2D eigenvalue weighted by molar-refractivity contribution is -0.136. The number of carbonyl (C=O) groups excluding carboxylic acids is 3. The number of ketones is 1. The highest BCUT2D eigenvalue weighted by atomic mass is 16.5. The molecule has 0 spiro atoms. The van der Waals surface area contributed by atoms with Gasteiger partial charge >= 0.3 is 5.97 Å². The van der Waals surface area contributed by atoms with Crippen LogP contribution in [0.2, 0.25) is 0 Å². The van der Waals surface area contributed by atoms with Gasteiger partial charge in [0.25, 0.3) is 0 Å². The zero-order valence-corrected chi connectivity index (χ0v) is 19.3. The molecule has 0 radical (unpaired) electrons. The molecule has 2 rings (SSSR count). The molecule has 0 unspecified atom stereocenters. The van der Waals surface area contributed by atoms with Gasteiger partial charge in [0.05, 0.1) is 21.3 Å². The topological polar surface area (TPSA) is 100 Å². The van der Waals surface area contributed by atoms with E-state index in [0.717, 1.165) is 18.4 Å². The Kier molecular flexibility index (Phi) is 9.95. The molecule has 0 aliphatic heterocycles. The number of Topliss-reactive ketones (excluding diaryl/α,β-unsaturated/α-hetero) is 1. The number of carbonyl (C=O) groups is 3. The molecule has 33 heavy (non-hydrogen) atoms. The van der Waals surface area contributed by atoms with Crippen LogP contribution in [-0.2, 0) is 20.7 Å². The number of nitrogens with one attached hydrogen (secondary N) is 1. The number of benzene rings is 2. The predicted octanol–water partition coefficient (Wildman–Crippen LogP) is 3.22. The Morgan fingerprint density at radius 1 is 0.909 bits per heavy atom. The van der Waals surface area contributed by atoms with Gasteiger partial charge in [-0.15, -0.1) is 0 Å². The lowest BCUT2D eigenvalue weighted by Crippen LogP contribution is -2.21. The fourth-order valence-corrected chi connectivity index (χ4v) is 3.02. The van der Waals surface area contributed by atoms with E-state index in [-0.39, 0.29) is 18.3 Å². The minimum atomic E-state index is -0.658. The van der Waals surface area contributed by atoms with E-state index >= 15 is 0 Å². The van der Waals surface area contributed by atoms with Crippen molar-refractivity contribution < 1.29 is 33.3 Å². The number of methoxy groups -OCH3 is 3. The molecule has 1 N–H and O–H groups in total. The van der Waals surface area contributed by atoms with Crippen LogP contribution >= 0.6 is 0 Å². The molecule has 0 atom stereocenters. The van der Waals surface area contributed by atoms with Gasteiger partial charge in [0.2, 0.25) is 5.91 Å². The van der Waals surface area contributed by atoms with Gasteiger partial charge in [-0.2, -0.15) is 0 Å². The van der Waals surface area contributed by atoms with Crippen molar-refractivity contribution in [3.63, 3.8) is 0 Å². The van der Waals surface area contributed by atoms with Crippen LogP contribution < -0.4 is 19.5 Å². The molecule has 8 heteroatoms. The van der Waals surface area contributed by atoms with E-state index in [9.17, 15) is 14.4 Å². The second kappa shape index (κ2) is 12.9. The molecule has 0 aromatic heterocycles. The fraction of sp³-hybridized carbons (Fsp3) is 0.320. The highest BCUT2D eigenvalue weighted by Crippen LogP contribution is 2.35. The van der Waals surface area contributed by atoms with Crippen LogP contribution in [0.3, 0.4) is 0 Å². The number of hydrogen-bond donors (Lipinski definition) is 1. The highest BCUT2D eigenvalue weighted by molar-refractivity contribution is 5.99. The quantitative estimate of drug-likeness (QED) is 0.227. The van der Waals surface area contributed by atoms with E-state index in [1.165, 1.54) is 40.4 Å². The zero-order valence-electron chi connectivity index (χ0n) is 19.3. The van der Waals surface area contributed by atoms with Crippen molar-refractivity contribution in [1.29, 1.82) is 0 Å². The van der Waals surface area contributed by atoms with Crippen molar-refractivity contribution in [2.75, 3.05) is 34.5 Å². The molecule has 0 heterocycles. The van der Waals surface area contributed by atoms with Gasteiger partial charge in [-0.25, -0.2) is 4.79 Å². The Morgan fingerprint density at radius 3 is 2.15 bits per heavy atom. The number of hydrogen-bond acceptors (Lipinski definition) is 7. The average molecular weight is 456 g/mol. The number of amides is 1. The second-order valence-electron chi connectivity index (χ2n) is 7.10. The van der Waals surface area contributed by atoms with Crippen LogP contribution in [0.25, 0.3) is 6.08 Å².